The number of aromatic nitrogens is 1. The minimum absolute atomic E-state index is 0.0634. The van der Waals surface area contributed by atoms with E-state index in [2.05, 4.69) is 4.98 Å². The van der Waals surface area contributed by atoms with Gasteiger partial charge in [-0.2, -0.15) is 0 Å². The van der Waals surface area contributed by atoms with Crippen LogP contribution in [0, 0.1) is 5.92 Å². The van der Waals surface area contributed by atoms with Crippen LogP contribution in [-0.2, 0) is 0 Å². The molecule has 1 aromatic heterocycles. The second kappa shape index (κ2) is 4.16. The van der Waals surface area contributed by atoms with E-state index in [4.69, 9.17) is 11.6 Å². The predicted octanol–water partition coefficient (Wildman–Crippen LogP) is 2.91. The molecule has 3 nitrogen and oxygen atoms in total. The lowest BCUT2D eigenvalue weighted by Crippen LogP contribution is -2.64. The fourth-order valence-corrected chi connectivity index (χ4v) is 2.74. The molecule has 1 aliphatic heterocycles. The van der Waals surface area contributed by atoms with Gasteiger partial charge in [-0.05, 0) is 30.9 Å². The maximum Gasteiger partial charge on any atom is 0.273 e. The van der Waals surface area contributed by atoms with Crippen molar-refractivity contribution in [2.75, 3.05) is 6.54 Å². The van der Waals surface area contributed by atoms with Crippen LogP contribution in [0.4, 0.5) is 8.78 Å². The zero-order valence-corrected chi connectivity index (χ0v) is 10.2. The minimum atomic E-state index is -2.72. The van der Waals surface area contributed by atoms with Gasteiger partial charge in [0.1, 0.15) is 10.8 Å². The van der Waals surface area contributed by atoms with Crippen molar-refractivity contribution in [2.45, 2.75) is 25.3 Å². The van der Waals surface area contributed by atoms with Gasteiger partial charge in [-0.3, -0.25) is 4.79 Å². The molecule has 1 saturated carbocycles. The Morgan fingerprint density at radius 1 is 1.44 bits per heavy atom. The summed E-state index contributed by atoms with van der Waals surface area (Å²) in [5.41, 5.74) is -0.546. The molecular weight excluding hydrogens is 262 g/mol. The van der Waals surface area contributed by atoms with E-state index in [1.807, 2.05) is 0 Å². The number of pyridine rings is 1. The summed E-state index contributed by atoms with van der Waals surface area (Å²) in [6.45, 7) is 0.653. The van der Waals surface area contributed by atoms with Crippen LogP contribution in [0.3, 0.4) is 0 Å². The SMILES string of the molecule is O=C(c1nc(Cl)ccc1C(F)F)N1CC2CCC21. The Morgan fingerprint density at radius 3 is 2.72 bits per heavy atom. The number of nitrogens with zero attached hydrogens (tertiary/aromatic N) is 2. The number of hydrogen-bond donors (Lipinski definition) is 0. The van der Waals surface area contributed by atoms with Crippen LogP contribution in [0.25, 0.3) is 0 Å². The van der Waals surface area contributed by atoms with E-state index in [0.29, 0.717) is 12.5 Å². The highest BCUT2D eigenvalue weighted by Crippen LogP contribution is 2.42. The number of rotatable bonds is 2. The number of halogens is 3. The number of amides is 1. The largest absolute Gasteiger partial charge is 0.334 e. The van der Waals surface area contributed by atoms with E-state index in [0.717, 1.165) is 12.8 Å². The number of likely N-dealkylation sites (tertiary alicyclic amines) is 1. The van der Waals surface area contributed by atoms with Crippen LogP contribution in [0.15, 0.2) is 12.1 Å². The summed E-state index contributed by atoms with van der Waals surface area (Å²) in [7, 11) is 0. The molecular formula is C12H11ClF2N2O. The van der Waals surface area contributed by atoms with Crippen LogP contribution in [0.1, 0.15) is 35.3 Å². The van der Waals surface area contributed by atoms with Gasteiger partial charge in [0, 0.05) is 18.2 Å². The summed E-state index contributed by atoms with van der Waals surface area (Å²) in [6.07, 6.45) is -0.632. The highest BCUT2D eigenvalue weighted by Gasteiger charge is 2.48. The number of fused-ring (bicyclic) bond motifs is 1. The lowest BCUT2D eigenvalue weighted by atomic mass is 9.71. The molecule has 2 aliphatic rings. The summed E-state index contributed by atoms with van der Waals surface area (Å²) in [5.74, 6) is 0.136. The van der Waals surface area contributed by atoms with Crippen molar-refractivity contribution < 1.29 is 13.6 Å². The van der Waals surface area contributed by atoms with Gasteiger partial charge >= 0.3 is 0 Å². The molecule has 0 radical (unpaired) electrons. The summed E-state index contributed by atoms with van der Waals surface area (Å²) >= 11 is 5.68. The molecule has 0 spiro atoms. The molecule has 96 valence electrons. The van der Waals surface area contributed by atoms with E-state index in [9.17, 15) is 13.6 Å². The van der Waals surface area contributed by atoms with Gasteiger partial charge in [0.25, 0.3) is 12.3 Å². The Morgan fingerprint density at radius 2 is 2.22 bits per heavy atom. The Hall–Kier alpha value is -1.23. The summed E-state index contributed by atoms with van der Waals surface area (Å²) < 4.78 is 25.7. The van der Waals surface area contributed by atoms with E-state index >= 15 is 0 Å². The lowest BCUT2D eigenvalue weighted by molar-refractivity contribution is -0.0384. The van der Waals surface area contributed by atoms with Crippen LogP contribution in [0.2, 0.25) is 5.15 Å². The first-order chi connectivity index (χ1) is 8.58. The molecule has 1 aliphatic carbocycles. The van der Waals surface area contributed by atoms with Crippen molar-refractivity contribution in [3.8, 4) is 0 Å². The third-order valence-electron chi connectivity index (χ3n) is 3.80. The van der Waals surface area contributed by atoms with E-state index < -0.39 is 12.3 Å². The van der Waals surface area contributed by atoms with Gasteiger partial charge in [-0.25, -0.2) is 13.8 Å². The van der Waals surface area contributed by atoms with E-state index in [1.165, 1.54) is 12.1 Å². The van der Waals surface area contributed by atoms with Crippen molar-refractivity contribution in [3.05, 3.63) is 28.5 Å². The monoisotopic (exact) mass is 272 g/mol. The Labute approximate surface area is 108 Å². The van der Waals surface area contributed by atoms with Crippen LogP contribution in [0.5, 0.6) is 0 Å². The van der Waals surface area contributed by atoms with Gasteiger partial charge in [0.05, 0.1) is 0 Å². The fraction of sp³-hybridized carbons (Fsp3) is 0.500. The van der Waals surface area contributed by atoms with Crippen molar-refractivity contribution in [3.63, 3.8) is 0 Å². The molecule has 0 aromatic carbocycles. The highest BCUT2D eigenvalue weighted by molar-refractivity contribution is 6.29. The van der Waals surface area contributed by atoms with Crippen LogP contribution in [-0.4, -0.2) is 28.4 Å². The zero-order chi connectivity index (χ0) is 12.9. The number of alkyl halides is 2. The van der Waals surface area contributed by atoms with Gasteiger partial charge in [-0.15, -0.1) is 0 Å². The molecule has 1 aromatic rings. The predicted molar refractivity (Wildman–Crippen MR) is 61.8 cm³/mol. The Bertz CT molecular complexity index is 509. The molecule has 1 saturated heterocycles. The minimum Gasteiger partial charge on any atom is -0.334 e. The smallest absolute Gasteiger partial charge is 0.273 e. The summed E-state index contributed by atoms with van der Waals surface area (Å²) in [4.78, 5) is 17.6. The molecule has 6 heteroatoms. The van der Waals surface area contributed by atoms with Crippen molar-refractivity contribution >= 4 is 17.5 Å². The molecule has 2 atom stereocenters. The van der Waals surface area contributed by atoms with Gasteiger partial charge < -0.3 is 4.90 Å². The zero-order valence-electron chi connectivity index (χ0n) is 9.44. The van der Waals surface area contributed by atoms with Gasteiger partial charge in [0.15, 0.2) is 0 Å². The number of hydrogen-bond acceptors (Lipinski definition) is 2. The topological polar surface area (TPSA) is 33.2 Å². The van der Waals surface area contributed by atoms with Crippen molar-refractivity contribution in [1.82, 2.24) is 9.88 Å². The molecule has 1 amide bonds. The van der Waals surface area contributed by atoms with Crippen molar-refractivity contribution in [2.24, 2.45) is 5.92 Å². The lowest BCUT2D eigenvalue weighted by Gasteiger charge is -2.55. The number of carbonyl (C=O) groups excluding carboxylic acids is 1. The standard InChI is InChI=1S/C12H11ClF2N2O/c13-9-4-2-7(11(14)15)10(16-9)12(18)17-5-6-1-3-8(6)17/h2,4,6,8,11H,1,3,5H2. The maximum absolute atomic E-state index is 12.8. The molecule has 0 bridgehead atoms. The average molecular weight is 273 g/mol. The van der Waals surface area contributed by atoms with Gasteiger partial charge in [-0.1, -0.05) is 11.6 Å². The second-order valence-electron chi connectivity index (χ2n) is 4.73. The first kappa shape index (κ1) is 11.8. The van der Waals surface area contributed by atoms with Crippen LogP contribution >= 0.6 is 11.6 Å². The Kier molecular flexibility index (Phi) is 2.73. The molecule has 3 rings (SSSR count). The summed E-state index contributed by atoms with van der Waals surface area (Å²) in [6, 6.07) is 2.68. The molecule has 18 heavy (non-hydrogen) atoms. The summed E-state index contributed by atoms with van der Waals surface area (Å²) in [5, 5.41) is 0.0634. The maximum atomic E-state index is 12.8. The van der Waals surface area contributed by atoms with E-state index in [1.54, 1.807) is 4.90 Å². The Balaban J connectivity index is 1.90. The normalized spacial score (nSPS) is 25.4. The first-order valence-corrected chi connectivity index (χ1v) is 6.21. The molecule has 2 fully saturated rings. The molecule has 2 unspecified atom stereocenters. The molecule has 0 N–H and O–H groups in total. The van der Waals surface area contributed by atoms with Crippen LogP contribution < -0.4 is 0 Å². The van der Waals surface area contributed by atoms with Crippen molar-refractivity contribution in [1.29, 1.82) is 0 Å². The van der Waals surface area contributed by atoms with Gasteiger partial charge in [0.2, 0.25) is 0 Å². The quantitative estimate of drug-likeness (QED) is 0.776. The average Bonchev–Trinajstić information content (AvgIpc) is 2.31. The third-order valence-corrected chi connectivity index (χ3v) is 4.01. The highest BCUT2D eigenvalue weighted by atomic mass is 35.5. The number of carbonyl (C=O) groups is 1. The second-order valence-corrected chi connectivity index (χ2v) is 5.12. The van der Waals surface area contributed by atoms with E-state index in [-0.39, 0.29) is 22.5 Å². The first-order valence-electron chi connectivity index (χ1n) is 5.83. The molecule has 2 heterocycles. The number of piperidine rings is 1. The fourth-order valence-electron chi connectivity index (χ4n) is 2.59. The third kappa shape index (κ3) is 1.68.